The maximum Gasteiger partial charge on any atom is 0.256 e. The highest BCUT2D eigenvalue weighted by atomic mass is 16.5. The van der Waals surface area contributed by atoms with E-state index in [1.807, 2.05) is 12.1 Å². The summed E-state index contributed by atoms with van der Waals surface area (Å²) in [6.07, 6.45) is 1.70. The van der Waals surface area contributed by atoms with Crippen molar-refractivity contribution in [2.45, 2.75) is 25.3 Å². The van der Waals surface area contributed by atoms with Crippen LogP contribution in [0.2, 0.25) is 0 Å². The fraction of sp³-hybridized carbons (Fsp3) is 0.286. The summed E-state index contributed by atoms with van der Waals surface area (Å²) >= 11 is 0. The molecule has 7 heteroatoms. The van der Waals surface area contributed by atoms with Gasteiger partial charge in [0.05, 0.1) is 24.8 Å². The number of rotatable bonds is 4. The van der Waals surface area contributed by atoms with E-state index in [0.717, 1.165) is 17.7 Å². The number of anilines is 2. The summed E-state index contributed by atoms with van der Waals surface area (Å²) in [5, 5.41) is 5.66. The fourth-order valence-corrected chi connectivity index (χ4v) is 3.70. The van der Waals surface area contributed by atoms with Gasteiger partial charge in [0, 0.05) is 12.2 Å². The molecule has 144 valence electrons. The lowest BCUT2D eigenvalue weighted by Crippen LogP contribution is -2.40. The molecule has 0 aromatic heterocycles. The molecule has 0 bridgehead atoms. The van der Waals surface area contributed by atoms with Gasteiger partial charge in [0.25, 0.3) is 5.91 Å². The summed E-state index contributed by atoms with van der Waals surface area (Å²) in [6, 6.07) is 11.9. The van der Waals surface area contributed by atoms with Crippen LogP contribution in [0.5, 0.6) is 5.75 Å². The van der Waals surface area contributed by atoms with E-state index in [-0.39, 0.29) is 24.1 Å². The minimum Gasteiger partial charge on any atom is -0.497 e. The Hall–Kier alpha value is -3.35. The van der Waals surface area contributed by atoms with E-state index in [9.17, 15) is 14.4 Å². The van der Waals surface area contributed by atoms with Crippen LogP contribution in [0.3, 0.4) is 0 Å². The van der Waals surface area contributed by atoms with Gasteiger partial charge in [0.1, 0.15) is 11.8 Å². The molecule has 0 spiro atoms. The Morgan fingerprint density at radius 1 is 1.21 bits per heavy atom. The number of amides is 3. The van der Waals surface area contributed by atoms with Crippen LogP contribution >= 0.6 is 0 Å². The van der Waals surface area contributed by atoms with E-state index < -0.39 is 6.04 Å². The zero-order valence-corrected chi connectivity index (χ0v) is 15.5. The van der Waals surface area contributed by atoms with Gasteiger partial charge in [-0.05, 0) is 48.7 Å². The van der Waals surface area contributed by atoms with Gasteiger partial charge in [-0.1, -0.05) is 12.1 Å². The fourth-order valence-electron chi connectivity index (χ4n) is 3.70. The minimum absolute atomic E-state index is 0.152. The molecule has 3 amide bonds. The predicted molar refractivity (Wildman–Crippen MR) is 104 cm³/mol. The van der Waals surface area contributed by atoms with E-state index in [1.54, 1.807) is 42.3 Å². The van der Waals surface area contributed by atoms with Gasteiger partial charge in [-0.2, -0.15) is 0 Å². The molecule has 0 saturated carbocycles. The lowest BCUT2D eigenvalue weighted by molar-refractivity contribution is -0.119. The third-order valence-corrected chi connectivity index (χ3v) is 5.13. The molecule has 2 aliphatic rings. The number of fused-ring (bicyclic) bond motifs is 2. The maximum absolute atomic E-state index is 12.9. The van der Waals surface area contributed by atoms with Crippen molar-refractivity contribution in [3.63, 3.8) is 0 Å². The SMILES string of the molecule is COc1ccc(CC(=O)Nc2ccc3c(c2)C(=O)N2CCC[C@H]2C(=O)N3)cc1. The number of carbonyl (C=O) groups is 3. The van der Waals surface area contributed by atoms with Crippen molar-refractivity contribution in [3.05, 3.63) is 53.6 Å². The van der Waals surface area contributed by atoms with Crippen LogP contribution in [0.4, 0.5) is 11.4 Å². The van der Waals surface area contributed by atoms with Gasteiger partial charge in [-0.25, -0.2) is 0 Å². The summed E-state index contributed by atoms with van der Waals surface area (Å²) in [5.41, 5.74) is 2.27. The first-order valence-corrected chi connectivity index (χ1v) is 9.24. The van der Waals surface area contributed by atoms with Crippen molar-refractivity contribution >= 4 is 29.1 Å². The summed E-state index contributed by atoms with van der Waals surface area (Å²) in [5.74, 6) is 0.216. The summed E-state index contributed by atoms with van der Waals surface area (Å²) in [6.45, 7) is 0.574. The summed E-state index contributed by atoms with van der Waals surface area (Å²) in [7, 11) is 1.59. The number of nitrogens with zero attached hydrogens (tertiary/aromatic N) is 1. The van der Waals surface area contributed by atoms with E-state index in [0.29, 0.717) is 29.9 Å². The smallest absolute Gasteiger partial charge is 0.256 e. The molecular weight excluding hydrogens is 358 g/mol. The topological polar surface area (TPSA) is 87.7 Å². The first kappa shape index (κ1) is 18.0. The Kier molecular flexibility index (Phi) is 4.73. The van der Waals surface area contributed by atoms with Gasteiger partial charge in [0.2, 0.25) is 11.8 Å². The highest BCUT2D eigenvalue weighted by Crippen LogP contribution is 2.30. The number of methoxy groups -OCH3 is 1. The van der Waals surface area contributed by atoms with Crippen molar-refractivity contribution in [3.8, 4) is 5.75 Å². The van der Waals surface area contributed by atoms with Gasteiger partial charge in [-0.15, -0.1) is 0 Å². The quantitative estimate of drug-likeness (QED) is 0.854. The minimum atomic E-state index is -0.409. The molecule has 1 atom stereocenters. The molecule has 2 heterocycles. The first-order chi connectivity index (χ1) is 13.5. The molecule has 4 rings (SSSR count). The van der Waals surface area contributed by atoms with Gasteiger partial charge < -0.3 is 20.3 Å². The molecule has 2 aromatic carbocycles. The van der Waals surface area contributed by atoms with Crippen LogP contribution in [-0.4, -0.2) is 42.3 Å². The second-order valence-corrected chi connectivity index (χ2v) is 6.98. The molecule has 2 N–H and O–H groups in total. The van der Waals surface area contributed by atoms with Crippen LogP contribution in [0.1, 0.15) is 28.8 Å². The monoisotopic (exact) mass is 379 g/mol. The molecule has 1 fully saturated rings. The summed E-state index contributed by atoms with van der Waals surface area (Å²) in [4.78, 5) is 39.2. The molecule has 0 radical (unpaired) electrons. The van der Waals surface area contributed by atoms with Crippen LogP contribution in [0, 0.1) is 0 Å². The average molecular weight is 379 g/mol. The molecule has 28 heavy (non-hydrogen) atoms. The predicted octanol–water partition coefficient (Wildman–Crippen LogP) is 2.43. The third kappa shape index (κ3) is 3.43. The van der Waals surface area contributed by atoms with Crippen LogP contribution in [0.15, 0.2) is 42.5 Å². The Bertz CT molecular complexity index is 939. The normalized spacial score (nSPS) is 18.0. The second kappa shape index (κ2) is 7.34. The standard InChI is InChI=1S/C21H21N3O4/c1-28-15-7-4-13(5-8-15)11-19(25)22-14-6-9-17-16(12-14)21(27)24-10-2-3-18(24)20(26)23-17/h4-9,12,18H,2-3,10-11H2,1H3,(H,22,25)(H,23,26)/t18-/m0/s1. The maximum atomic E-state index is 12.9. The molecular formula is C21H21N3O4. The first-order valence-electron chi connectivity index (χ1n) is 9.24. The van der Waals surface area contributed by atoms with Crippen LogP contribution in [-0.2, 0) is 16.0 Å². The molecule has 1 saturated heterocycles. The number of ether oxygens (including phenoxy) is 1. The van der Waals surface area contributed by atoms with Crippen molar-refractivity contribution in [1.29, 1.82) is 0 Å². The van der Waals surface area contributed by atoms with Gasteiger partial charge >= 0.3 is 0 Å². The van der Waals surface area contributed by atoms with Crippen LogP contribution < -0.4 is 15.4 Å². The Labute approximate surface area is 162 Å². The van der Waals surface area contributed by atoms with Crippen molar-refractivity contribution in [2.75, 3.05) is 24.3 Å². The Morgan fingerprint density at radius 2 is 2.00 bits per heavy atom. The summed E-state index contributed by atoms with van der Waals surface area (Å²) < 4.78 is 5.11. The lowest BCUT2D eigenvalue weighted by Gasteiger charge is -2.20. The molecule has 0 unspecified atom stereocenters. The van der Waals surface area contributed by atoms with E-state index in [1.165, 1.54) is 0 Å². The number of hydrogen-bond donors (Lipinski definition) is 2. The van der Waals surface area contributed by atoms with Crippen molar-refractivity contribution < 1.29 is 19.1 Å². The average Bonchev–Trinajstić information content (AvgIpc) is 3.16. The molecule has 7 nitrogen and oxygen atoms in total. The van der Waals surface area contributed by atoms with Crippen molar-refractivity contribution in [1.82, 2.24) is 4.90 Å². The second-order valence-electron chi connectivity index (χ2n) is 6.98. The molecule has 0 aliphatic carbocycles. The molecule has 2 aromatic rings. The zero-order valence-electron chi connectivity index (χ0n) is 15.5. The lowest BCUT2D eigenvalue weighted by atomic mass is 10.1. The largest absolute Gasteiger partial charge is 0.497 e. The van der Waals surface area contributed by atoms with Gasteiger partial charge in [0.15, 0.2) is 0 Å². The van der Waals surface area contributed by atoms with E-state index >= 15 is 0 Å². The van der Waals surface area contributed by atoms with Crippen molar-refractivity contribution in [2.24, 2.45) is 0 Å². The number of hydrogen-bond acceptors (Lipinski definition) is 4. The highest BCUT2D eigenvalue weighted by Gasteiger charge is 2.38. The van der Waals surface area contributed by atoms with E-state index in [2.05, 4.69) is 10.6 Å². The molecule has 2 aliphatic heterocycles. The number of benzene rings is 2. The third-order valence-electron chi connectivity index (χ3n) is 5.13. The Balaban J connectivity index is 1.50. The number of carbonyl (C=O) groups excluding carboxylic acids is 3. The number of nitrogens with one attached hydrogen (secondary N) is 2. The van der Waals surface area contributed by atoms with Gasteiger partial charge in [-0.3, -0.25) is 14.4 Å². The van der Waals surface area contributed by atoms with E-state index in [4.69, 9.17) is 4.74 Å². The zero-order chi connectivity index (χ0) is 19.7. The Morgan fingerprint density at radius 3 is 2.75 bits per heavy atom. The highest BCUT2D eigenvalue weighted by molar-refractivity contribution is 6.11. The van der Waals surface area contributed by atoms with Crippen LogP contribution in [0.25, 0.3) is 0 Å².